The highest BCUT2D eigenvalue weighted by molar-refractivity contribution is 6.76. The van der Waals surface area contributed by atoms with Gasteiger partial charge in [-0.1, -0.05) is 19.6 Å². The summed E-state index contributed by atoms with van der Waals surface area (Å²) in [5, 5.41) is 4.45. The summed E-state index contributed by atoms with van der Waals surface area (Å²) < 4.78 is 13.2. The van der Waals surface area contributed by atoms with E-state index in [1.165, 1.54) is 6.04 Å². The molecule has 0 radical (unpaired) electrons. The van der Waals surface area contributed by atoms with Crippen LogP contribution in [0.4, 0.5) is 10.5 Å². The molecule has 0 N–H and O–H groups in total. The maximum atomic E-state index is 12.3. The zero-order valence-corrected chi connectivity index (χ0v) is 19.3. The minimum absolute atomic E-state index is 0.184. The highest BCUT2D eigenvalue weighted by Gasteiger charge is 2.43. The van der Waals surface area contributed by atoms with Crippen LogP contribution in [0.5, 0.6) is 0 Å². The molecule has 2 saturated heterocycles. The minimum Gasteiger partial charge on any atom is -0.444 e. The number of ether oxygens (including phenoxy) is 2. The van der Waals surface area contributed by atoms with Crippen molar-refractivity contribution in [2.45, 2.75) is 58.8 Å². The molecule has 0 aliphatic carbocycles. The highest BCUT2D eigenvalue weighted by atomic mass is 28.3. The summed E-state index contributed by atoms with van der Waals surface area (Å²) in [5.41, 5.74) is 0.707. The van der Waals surface area contributed by atoms with Crippen molar-refractivity contribution in [3.63, 3.8) is 0 Å². The van der Waals surface area contributed by atoms with Gasteiger partial charge in [0.2, 0.25) is 0 Å². The first kappa shape index (κ1) is 21.2. The molecule has 1 aromatic heterocycles. The molecule has 0 saturated carbocycles. The number of anilines is 1. The van der Waals surface area contributed by atoms with Crippen molar-refractivity contribution in [2.24, 2.45) is 11.8 Å². The summed E-state index contributed by atoms with van der Waals surface area (Å²) in [4.78, 5) is 16.6. The first-order valence-electron chi connectivity index (χ1n) is 10.3. The third-order valence-electron chi connectivity index (χ3n) is 5.34. The van der Waals surface area contributed by atoms with Gasteiger partial charge >= 0.3 is 6.09 Å². The average molecular weight is 409 g/mol. The number of carbonyl (C=O) groups excluding carboxylic acids is 1. The summed E-state index contributed by atoms with van der Waals surface area (Å²) in [6, 6.07) is 1.17. The van der Waals surface area contributed by atoms with Gasteiger partial charge in [0.25, 0.3) is 0 Å². The molecule has 8 heteroatoms. The highest BCUT2D eigenvalue weighted by Crippen LogP contribution is 2.34. The number of hydrogen-bond acceptors (Lipinski definition) is 5. The lowest BCUT2D eigenvalue weighted by atomic mass is 10.0. The molecule has 3 heterocycles. The molecule has 28 heavy (non-hydrogen) atoms. The van der Waals surface area contributed by atoms with Crippen LogP contribution in [0.15, 0.2) is 12.4 Å². The molecular weight excluding hydrogens is 372 g/mol. The smallest absolute Gasteiger partial charge is 0.410 e. The molecule has 0 bridgehead atoms. The lowest BCUT2D eigenvalue weighted by Gasteiger charge is -2.26. The van der Waals surface area contributed by atoms with Crippen molar-refractivity contribution in [3.05, 3.63) is 12.4 Å². The van der Waals surface area contributed by atoms with E-state index in [2.05, 4.69) is 35.8 Å². The maximum Gasteiger partial charge on any atom is 0.410 e. The molecule has 2 atom stereocenters. The van der Waals surface area contributed by atoms with Crippen molar-refractivity contribution >= 4 is 19.9 Å². The van der Waals surface area contributed by atoms with E-state index in [9.17, 15) is 4.79 Å². The molecule has 1 aromatic rings. The van der Waals surface area contributed by atoms with E-state index in [-0.39, 0.29) is 6.09 Å². The van der Waals surface area contributed by atoms with Crippen LogP contribution in [0.3, 0.4) is 0 Å². The predicted octanol–water partition coefficient (Wildman–Crippen LogP) is 3.50. The van der Waals surface area contributed by atoms with Gasteiger partial charge in [-0.15, -0.1) is 0 Å². The van der Waals surface area contributed by atoms with Crippen molar-refractivity contribution in [1.82, 2.24) is 14.7 Å². The monoisotopic (exact) mass is 408 g/mol. The van der Waals surface area contributed by atoms with Crippen LogP contribution >= 0.6 is 0 Å². The van der Waals surface area contributed by atoms with Gasteiger partial charge in [0.1, 0.15) is 12.3 Å². The van der Waals surface area contributed by atoms with Crippen LogP contribution < -0.4 is 4.90 Å². The number of amides is 1. The van der Waals surface area contributed by atoms with Gasteiger partial charge in [-0.2, -0.15) is 5.10 Å². The van der Waals surface area contributed by atoms with Crippen molar-refractivity contribution in [1.29, 1.82) is 0 Å². The summed E-state index contributed by atoms with van der Waals surface area (Å²) >= 11 is 0. The Morgan fingerprint density at radius 1 is 1.18 bits per heavy atom. The Morgan fingerprint density at radius 2 is 1.82 bits per heavy atom. The van der Waals surface area contributed by atoms with Crippen LogP contribution in [0, 0.1) is 11.8 Å². The quantitative estimate of drug-likeness (QED) is 0.533. The normalized spacial score (nSPS) is 22.6. The lowest BCUT2D eigenvalue weighted by molar-refractivity contribution is 0.0282. The molecule has 2 aliphatic heterocycles. The Hall–Kier alpha value is -1.54. The molecular formula is C20H36N4O3Si. The van der Waals surface area contributed by atoms with Gasteiger partial charge in [-0.05, 0) is 26.8 Å². The van der Waals surface area contributed by atoms with E-state index in [1.807, 2.05) is 36.5 Å². The Balaban J connectivity index is 1.45. The fourth-order valence-electron chi connectivity index (χ4n) is 3.80. The number of aromatic nitrogens is 2. The van der Waals surface area contributed by atoms with Gasteiger partial charge in [0.05, 0.1) is 18.1 Å². The summed E-state index contributed by atoms with van der Waals surface area (Å²) in [5.74, 6) is 1.01. The number of nitrogens with zero attached hydrogens (tertiary/aromatic N) is 4. The molecule has 0 spiro atoms. The zero-order chi connectivity index (χ0) is 20.5. The van der Waals surface area contributed by atoms with Gasteiger partial charge in [-0.25, -0.2) is 9.48 Å². The van der Waals surface area contributed by atoms with Crippen molar-refractivity contribution in [3.8, 4) is 0 Å². The first-order valence-corrected chi connectivity index (χ1v) is 14.0. The van der Waals surface area contributed by atoms with Crippen LogP contribution in [-0.2, 0) is 16.2 Å². The fourth-order valence-corrected chi connectivity index (χ4v) is 4.56. The minimum atomic E-state index is -1.05. The molecule has 7 nitrogen and oxygen atoms in total. The number of carbonyl (C=O) groups is 1. The molecule has 3 rings (SSSR count). The van der Waals surface area contributed by atoms with Gasteiger partial charge in [0, 0.05) is 52.7 Å². The molecule has 2 fully saturated rings. The summed E-state index contributed by atoms with van der Waals surface area (Å²) in [6.45, 7) is 17.6. The largest absolute Gasteiger partial charge is 0.444 e. The van der Waals surface area contributed by atoms with E-state index >= 15 is 0 Å². The van der Waals surface area contributed by atoms with Crippen LogP contribution in [-0.4, -0.2) is 67.2 Å². The molecule has 158 valence electrons. The molecule has 0 aromatic carbocycles. The Bertz CT molecular complexity index is 666. The second-order valence-electron chi connectivity index (χ2n) is 10.4. The number of fused-ring (bicyclic) bond motifs is 1. The Labute approximate surface area is 170 Å². The molecule has 1 amide bonds. The Kier molecular flexibility index (Phi) is 6.10. The molecule has 0 unspecified atom stereocenters. The van der Waals surface area contributed by atoms with E-state index in [0.717, 1.165) is 38.5 Å². The zero-order valence-electron chi connectivity index (χ0n) is 18.3. The maximum absolute atomic E-state index is 12.3. The summed E-state index contributed by atoms with van der Waals surface area (Å²) in [6.07, 6.45) is 3.81. The number of rotatable bonds is 6. The Morgan fingerprint density at radius 3 is 2.39 bits per heavy atom. The summed E-state index contributed by atoms with van der Waals surface area (Å²) in [7, 11) is -1.05. The van der Waals surface area contributed by atoms with Crippen LogP contribution in [0.1, 0.15) is 20.8 Å². The van der Waals surface area contributed by atoms with E-state index in [1.54, 1.807) is 0 Å². The topological polar surface area (TPSA) is 59.8 Å². The third kappa shape index (κ3) is 5.73. The number of hydrogen-bond donors (Lipinski definition) is 0. The van der Waals surface area contributed by atoms with Crippen LogP contribution in [0.25, 0.3) is 0 Å². The van der Waals surface area contributed by atoms with Gasteiger partial charge in [-0.3, -0.25) is 0 Å². The van der Waals surface area contributed by atoms with E-state index in [4.69, 9.17) is 9.47 Å². The fraction of sp³-hybridized carbons (Fsp3) is 0.800. The standard InChI is InChI=1S/C20H36N4O3Si/c1-20(2,3)27-19(25)23-12-16-10-22(11-17(16)13-23)18-9-21-24(14-18)15-26-7-8-28(4,5)6/h9,14,16-17H,7-8,10-13,15H2,1-6H3/t16-,17+. The number of likely N-dealkylation sites (tertiary alicyclic amines) is 1. The van der Waals surface area contributed by atoms with E-state index in [0.29, 0.717) is 18.6 Å². The average Bonchev–Trinajstić information content (AvgIpc) is 3.22. The van der Waals surface area contributed by atoms with Gasteiger partial charge in [0.15, 0.2) is 0 Å². The van der Waals surface area contributed by atoms with Gasteiger partial charge < -0.3 is 19.3 Å². The third-order valence-corrected chi connectivity index (χ3v) is 7.05. The van der Waals surface area contributed by atoms with Crippen molar-refractivity contribution < 1.29 is 14.3 Å². The van der Waals surface area contributed by atoms with E-state index < -0.39 is 13.7 Å². The predicted molar refractivity (Wildman–Crippen MR) is 113 cm³/mol. The molecule has 2 aliphatic rings. The second kappa shape index (κ2) is 8.06. The van der Waals surface area contributed by atoms with Crippen molar-refractivity contribution in [2.75, 3.05) is 37.7 Å². The lowest BCUT2D eigenvalue weighted by Crippen LogP contribution is -2.37. The second-order valence-corrected chi connectivity index (χ2v) is 16.0. The first-order chi connectivity index (χ1) is 13.0. The van der Waals surface area contributed by atoms with Crippen LogP contribution in [0.2, 0.25) is 25.7 Å². The SMILES string of the molecule is CC(C)(C)OC(=O)N1C[C@@H]2CN(c3cnn(COCC[Si](C)(C)C)c3)C[C@@H]2C1.